The third-order valence-corrected chi connectivity index (χ3v) is 11.5. The number of amides is 1. The first-order valence-electron chi connectivity index (χ1n) is 17.4. The SMILES string of the molecule is Cc1ccc(C(=O)N2CCOC3(CCN(Cc4cc(CCNC[C@H](OC(=O)C(F)(F)F)c5ccc(OC(=O)C(F)(F)F)c6[nH]c(=O)sc56)cc(F)c4F)CC3)C2)s1. The second-order valence-corrected chi connectivity index (χ2v) is 15.9. The smallest absolute Gasteiger partial charge is 0.449 e. The Morgan fingerprint density at radius 2 is 1.70 bits per heavy atom. The third kappa shape index (κ3) is 10.00. The number of esters is 2. The molecule has 4 heterocycles. The van der Waals surface area contributed by atoms with Crippen LogP contribution in [0.4, 0.5) is 35.1 Å². The van der Waals surface area contributed by atoms with Gasteiger partial charge < -0.3 is 29.4 Å². The van der Waals surface area contributed by atoms with E-state index in [1.165, 1.54) is 17.4 Å². The first-order valence-corrected chi connectivity index (χ1v) is 19.1. The van der Waals surface area contributed by atoms with Crippen LogP contribution in [0, 0.1) is 18.6 Å². The molecule has 1 amide bonds. The summed E-state index contributed by atoms with van der Waals surface area (Å²) in [5, 5.41) is 2.79. The largest absolute Gasteiger partial charge is 0.491 e. The average molecular weight is 851 g/mol. The van der Waals surface area contributed by atoms with Gasteiger partial charge in [-0.25, -0.2) is 18.4 Å². The van der Waals surface area contributed by atoms with Crippen LogP contribution < -0.4 is 14.9 Å². The first kappa shape index (κ1) is 42.2. The number of halogens is 8. The number of benzene rings is 2. The van der Waals surface area contributed by atoms with Gasteiger partial charge in [-0.2, -0.15) is 26.3 Å². The van der Waals surface area contributed by atoms with Crippen molar-refractivity contribution in [1.82, 2.24) is 20.1 Å². The number of thiazole rings is 1. The van der Waals surface area contributed by atoms with E-state index in [1.807, 2.05) is 17.9 Å². The lowest BCUT2D eigenvalue weighted by atomic mass is 9.89. The Kier molecular flexibility index (Phi) is 12.4. The molecule has 0 aliphatic carbocycles. The maximum atomic E-state index is 15.0. The van der Waals surface area contributed by atoms with Crippen LogP contribution in [0.1, 0.15) is 50.2 Å². The molecular formula is C36H34F8N4O7S2. The lowest BCUT2D eigenvalue weighted by Gasteiger charge is -2.47. The molecule has 0 unspecified atom stereocenters. The van der Waals surface area contributed by atoms with Crippen LogP contribution in [0.25, 0.3) is 10.2 Å². The first-order chi connectivity index (χ1) is 26.8. The van der Waals surface area contributed by atoms with E-state index in [9.17, 15) is 49.9 Å². The number of fused-ring (bicyclic) bond motifs is 1. The Balaban J connectivity index is 1.09. The molecule has 2 aromatic carbocycles. The van der Waals surface area contributed by atoms with Gasteiger partial charge in [-0.3, -0.25) is 14.5 Å². The number of aromatic amines is 1. The lowest BCUT2D eigenvalue weighted by Crippen LogP contribution is -2.57. The molecule has 2 saturated heterocycles. The number of hydrogen-bond donors (Lipinski definition) is 2. The minimum absolute atomic E-state index is 0.0357. The number of rotatable bonds is 11. The van der Waals surface area contributed by atoms with Crippen molar-refractivity contribution in [1.29, 1.82) is 0 Å². The highest BCUT2D eigenvalue weighted by Gasteiger charge is 2.44. The quantitative estimate of drug-likeness (QED) is 0.0786. The number of aromatic nitrogens is 1. The number of aryl methyl sites for hydroxylation is 1. The fourth-order valence-corrected chi connectivity index (χ4v) is 8.50. The number of hydrogen-bond acceptors (Lipinski definition) is 11. The molecule has 11 nitrogen and oxygen atoms in total. The van der Waals surface area contributed by atoms with Crippen molar-refractivity contribution in [3.05, 3.63) is 84.1 Å². The van der Waals surface area contributed by atoms with Gasteiger partial charge in [0.25, 0.3) is 5.91 Å². The van der Waals surface area contributed by atoms with Crippen molar-refractivity contribution in [3.63, 3.8) is 0 Å². The molecule has 1 atom stereocenters. The van der Waals surface area contributed by atoms with E-state index in [0.29, 0.717) is 67.4 Å². The van der Waals surface area contributed by atoms with Crippen LogP contribution in [0.5, 0.6) is 5.75 Å². The monoisotopic (exact) mass is 850 g/mol. The Morgan fingerprint density at radius 1 is 0.982 bits per heavy atom. The summed E-state index contributed by atoms with van der Waals surface area (Å²) in [5.41, 5.74) is -0.821. The van der Waals surface area contributed by atoms with E-state index in [-0.39, 0.29) is 41.2 Å². The van der Waals surface area contributed by atoms with Gasteiger partial charge in [-0.1, -0.05) is 17.4 Å². The number of carbonyl (C=O) groups is 3. The Bertz CT molecular complexity index is 2190. The van der Waals surface area contributed by atoms with Crippen molar-refractivity contribution in [3.8, 4) is 5.75 Å². The van der Waals surface area contributed by atoms with Gasteiger partial charge in [0.2, 0.25) is 0 Å². The van der Waals surface area contributed by atoms with Gasteiger partial charge in [-0.05, 0) is 68.6 Å². The summed E-state index contributed by atoms with van der Waals surface area (Å²) in [6, 6.07) is 7.89. The number of likely N-dealkylation sites (tertiary alicyclic amines) is 1. The molecule has 21 heteroatoms. The van der Waals surface area contributed by atoms with Crippen molar-refractivity contribution in [2.24, 2.45) is 0 Å². The van der Waals surface area contributed by atoms with E-state index >= 15 is 4.39 Å². The topological polar surface area (TPSA) is 130 Å². The molecule has 2 aromatic heterocycles. The predicted octanol–water partition coefficient (Wildman–Crippen LogP) is 6.19. The fraction of sp³-hybridized carbons (Fsp3) is 0.444. The molecule has 308 valence electrons. The number of ether oxygens (including phenoxy) is 3. The van der Waals surface area contributed by atoms with E-state index in [0.717, 1.165) is 23.1 Å². The molecule has 0 radical (unpaired) electrons. The van der Waals surface area contributed by atoms with Gasteiger partial charge in [-0.15, -0.1) is 11.3 Å². The van der Waals surface area contributed by atoms with Crippen LogP contribution in [-0.2, 0) is 32.0 Å². The summed E-state index contributed by atoms with van der Waals surface area (Å²) in [5.74, 6) is -8.16. The zero-order valence-corrected chi connectivity index (χ0v) is 31.5. The highest BCUT2D eigenvalue weighted by Crippen LogP contribution is 2.36. The molecule has 2 fully saturated rings. The van der Waals surface area contributed by atoms with Crippen LogP contribution in [0.15, 0.2) is 41.2 Å². The molecule has 57 heavy (non-hydrogen) atoms. The highest BCUT2D eigenvalue weighted by molar-refractivity contribution is 7.16. The third-order valence-electron chi connectivity index (χ3n) is 9.57. The summed E-state index contributed by atoms with van der Waals surface area (Å²) in [6.45, 7) is 3.65. The minimum atomic E-state index is -5.44. The summed E-state index contributed by atoms with van der Waals surface area (Å²) < 4.78 is 123. The summed E-state index contributed by atoms with van der Waals surface area (Å²) >= 11 is 1.79. The van der Waals surface area contributed by atoms with Crippen LogP contribution in [0.3, 0.4) is 0 Å². The number of carbonyl (C=O) groups excluding carboxylic acids is 3. The molecule has 0 saturated carbocycles. The molecule has 4 aromatic rings. The van der Waals surface area contributed by atoms with Gasteiger partial charge in [0.15, 0.2) is 17.4 Å². The molecule has 2 N–H and O–H groups in total. The van der Waals surface area contributed by atoms with E-state index in [2.05, 4.69) is 15.0 Å². The highest BCUT2D eigenvalue weighted by atomic mass is 32.1. The summed E-state index contributed by atoms with van der Waals surface area (Å²) in [7, 11) is 0. The number of H-pyrrole nitrogens is 1. The maximum Gasteiger partial charge on any atom is 0.491 e. The Hall–Kier alpha value is -4.44. The van der Waals surface area contributed by atoms with Gasteiger partial charge in [0.05, 0.1) is 28.3 Å². The molecular weight excluding hydrogens is 817 g/mol. The van der Waals surface area contributed by atoms with Gasteiger partial charge in [0, 0.05) is 48.7 Å². The standard InChI is InChI=1S/C36H34F8N4O7S2/c1-19-2-5-26(56-19)30(49)48-12-13-53-34(18-48)7-10-47(11-8-34)17-21-14-20(15-23(37)27(21)38)6-9-45-16-25(55-32(51)36(42,43)44)22-3-4-24(54-31(50)35(39,40)41)28-29(22)57-33(52)46-28/h2-5,14-15,25,45H,6-13,16-18H2,1H3,(H,46,52)/t25-/m0/s1. The molecule has 2 aliphatic heterocycles. The van der Waals surface area contributed by atoms with Crippen LogP contribution in [0.2, 0.25) is 0 Å². The predicted molar refractivity (Wildman–Crippen MR) is 190 cm³/mol. The zero-order valence-electron chi connectivity index (χ0n) is 29.9. The lowest BCUT2D eigenvalue weighted by molar-refractivity contribution is -0.205. The summed E-state index contributed by atoms with van der Waals surface area (Å²) in [6.07, 6.45) is -11.5. The molecule has 6 rings (SSSR count). The Morgan fingerprint density at radius 3 is 2.37 bits per heavy atom. The van der Waals surface area contributed by atoms with Gasteiger partial charge >= 0.3 is 29.2 Å². The number of piperidine rings is 1. The second kappa shape index (κ2) is 16.8. The molecule has 0 bridgehead atoms. The molecule has 2 aliphatic rings. The van der Waals surface area contributed by atoms with E-state index in [1.54, 1.807) is 11.0 Å². The normalized spacial score (nSPS) is 16.9. The Labute approximate surface area is 326 Å². The fourth-order valence-electron chi connectivity index (χ4n) is 6.76. The van der Waals surface area contributed by atoms with Crippen molar-refractivity contribution in [2.45, 2.75) is 56.8 Å². The number of nitrogens with zero attached hydrogens (tertiary/aromatic N) is 2. The van der Waals surface area contributed by atoms with Crippen LogP contribution in [-0.4, -0.2) is 96.5 Å². The number of thiophene rings is 1. The van der Waals surface area contributed by atoms with Crippen LogP contribution >= 0.6 is 22.7 Å². The maximum absolute atomic E-state index is 15.0. The number of morpholine rings is 1. The van der Waals surface area contributed by atoms with E-state index in [4.69, 9.17) is 9.47 Å². The number of nitrogens with one attached hydrogen (secondary N) is 2. The minimum Gasteiger partial charge on any atom is -0.449 e. The number of alkyl halides is 6. The van der Waals surface area contributed by atoms with Crippen molar-refractivity contribution in [2.75, 3.05) is 45.9 Å². The van der Waals surface area contributed by atoms with Gasteiger partial charge in [0.1, 0.15) is 11.6 Å². The zero-order chi connectivity index (χ0) is 41.3. The van der Waals surface area contributed by atoms with Crippen molar-refractivity contribution < 1.29 is 63.7 Å². The summed E-state index contributed by atoms with van der Waals surface area (Å²) in [4.78, 5) is 55.3. The average Bonchev–Trinajstić information content (AvgIpc) is 3.77. The molecule has 1 spiro atoms. The van der Waals surface area contributed by atoms with Crippen molar-refractivity contribution >= 4 is 50.7 Å². The van der Waals surface area contributed by atoms with E-state index < -0.39 is 70.3 Å². The second-order valence-electron chi connectivity index (χ2n) is 13.6.